The van der Waals surface area contributed by atoms with E-state index in [-0.39, 0.29) is 11.0 Å². The van der Waals surface area contributed by atoms with Gasteiger partial charge in [-0.1, -0.05) is 25.8 Å². The molecular formula is C26H36N4O. The van der Waals surface area contributed by atoms with Crippen molar-refractivity contribution < 1.29 is 4.74 Å². The van der Waals surface area contributed by atoms with Crippen molar-refractivity contribution >= 4 is 0 Å². The minimum absolute atomic E-state index is 0.0907. The fourth-order valence-corrected chi connectivity index (χ4v) is 6.88. The van der Waals surface area contributed by atoms with Gasteiger partial charge in [0.1, 0.15) is 0 Å². The van der Waals surface area contributed by atoms with Crippen LogP contribution in [-0.2, 0) is 10.2 Å². The highest BCUT2D eigenvalue weighted by Crippen LogP contribution is 2.58. The van der Waals surface area contributed by atoms with Gasteiger partial charge in [0.15, 0.2) is 0 Å². The Morgan fingerprint density at radius 3 is 2.74 bits per heavy atom. The summed E-state index contributed by atoms with van der Waals surface area (Å²) in [6.45, 7) is 4.32. The van der Waals surface area contributed by atoms with Crippen LogP contribution in [0.3, 0.4) is 0 Å². The Labute approximate surface area is 186 Å². The molecule has 0 amide bonds. The van der Waals surface area contributed by atoms with E-state index < -0.39 is 0 Å². The maximum atomic E-state index is 6.42. The molecule has 1 unspecified atom stereocenters. The van der Waals surface area contributed by atoms with Crippen molar-refractivity contribution in [3.05, 3.63) is 48.0 Å². The SMILES string of the molecule is CC1([C@H]2C[C@@H](NCCC3(c4ccccn4)CCOC4(CCCC4)C3)c3ccnn32)CC1. The first kappa shape index (κ1) is 19.9. The third-order valence-corrected chi connectivity index (χ3v) is 9.02. The first-order chi connectivity index (χ1) is 15.1. The molecule has 0 aromatic carbocycles. The standard InChI is InChI=1S/C26H36N4O/c1-24(10-11-24)23-18-20(21-7-15-29-30(21)23)27-16-12-25(22-6-2-5-14-28-22)13-17-31-26(19-25)8-3-4-9-26/h2,5-7,14-15,20,23,27H,3-4,8-13,16-19H2,1H3/t20-,23-,25?/m1/s1. The predicted molar refractivity (Wildman–Crippen MR) is 121 cm³/mol. The van der Waals surface area contributed by atoms with Crippen molar-refractivity contribution in [2.24, 2.45) is 5.41 Å². The third-order valence-electron chi connectivity index (χ3n) is 9.02. The lowest BCUT2D eigenvalue weighted by Gasteiger charge is -2.46. The monoisotopic (exact) mass is 420 g/mol. The molecule has 2 aliphatic heterocycles. The molecule has 5 heteroatoms. The lowest BCUT2D eigenvalue weighted by Crippen LogP contribution is -2.47. The highest BCUT2D eigenvalue weighted by molar-refractivity contribution is 5.21. The smallest absolute Gasteiger partial charge is 0.0691 e. The Morgan fingerprint density at radius 1 is 1.10 bits per heavy atom. The number of pyridine rings is 1. The number of nitrogens with zero attached hydrogens (tertiary/aromatic N) is 3. The summed E-state index contributed by atoms with van der Waals surface area (Å²) in [5.41, 5.74) is 3.32. The highest BCUT2D eigenvalue weighted by atomic mass is 16.5. The number of aromatic nitrogens is 3. The first-order valence-electron chi connectivity index (χ1n) is 12.4. The topological polar surface area (TPSA) is 52.0 Å². The molecule has 1 spiro atoms. The van der Waals surface area contributed by atoms with E-state index in [9.17, 15) is 0 Å². The maximum absolute atomic E-state index is 6.42. The van der Waals surface area contributed by atoms with E-state index in [1.54, 1.807) is 0 Å². The fourth-order valence-electron chi connectivity index (χ4n) is 6.88. The lowest BCUT2D eigenvalue weighted by molar-refractivity contribution is -0.104. The minimum Gasteiger partial charge on any atom is -0.375 e. The van der Waals surface area contributed by atoms with Crippen molar-refractivity contribution in [1.29, 1.82) is 0 Å². The van der Waals surface area contributed by atoms with Crippen LogP contribution >= 0.6 is 0 Å². The van der Waals surface area contributed by atoms with Crippen LogP contribution < -0.4 is 5.32 Å². The largest absolute Gasteiger partial charge is 0.375 e. The van der Waals surface area contributed by atoms with Gasteiger partial charge in [-0.2, -0.15) is 5.10 Å². The molecule has 1 N–H and O–H groups in total. The van der Waals surface area contributed by atoms with Crippen LogP contribution in [0.4, 0.5) is 0 Å². The van der Waals surface area contributed by atoms with Crippen LogP contribution in [0, 0.1) is 5.41 Å². The Morgan fingerprint density at radius 2 is 1.97 bits per heavy atom. The van der Waals surface area contributed by atoms with E-state index in [2.05, 4.69) is 35.1 Å². The average Bonchev–Trinajstić information content (AvgIpc) is 3.16. The molecule has 2 aliphatic carbocycles. The van der Waals surface area contributed by atoms with Crippen molar-refractivity contribution in [1.82, 2.24) is 20.1 Å². The van der Waals surface area contributed by atoms with Crippen LogP contribution in [0.1, 0.15) is 94.6 Å². The fraction of sp³-hybridized carbons (Fsp3) is 0.692. The van der Waals surface area contributed by atoms with Gasteiger partial charge in [0.25, 0.3) is 0 Å². The number of rotatable bonds is 6. The Hall–Kier alpha value is -1.72. The summed E-state index contributed by atoms with van der Waals surface area (Å²) in [6.07, 6.45) is 16.2. The quantitative estimate of drug-likeness (QED) is 0.706. The maximum Gasteiger partial charge on any atom is 0.0691 e. The van der Waals surface area contributed by atoms with Crippen LogP contribution in [0.25, 0.3) is 0 Å². The normalized spacial score (nSPS) is 32.9. The molecule has 2 aromatic heterocycles. The summed E-state index contributed by atoms with van der Waals surface area (Å²) in [5, 5.41) is 8.64. The van der Waals surface area contributed by atoms with E-state index in [0.29, 0.717) is 17.5 Å². The van der Waals surface area contributed by atoms with Gasteiger partial charge < -0.3 is 10.1 Å². The van der Waals surface area contributed by atoms with Gasteiger partial charge in [-0.05, 0) is 81.5 Å². The number of ether oxygens (including phenoxy) is 1. The second-order valence-corrected chi connectivity index (χ2v) is 11.0. The van der Waals surface area contributed by atoms with Crippen LogP contribution in [0.5, 0.6) is 0 Å². The molecule has 6 rings (SSSR count). The molecule has 3 atom stereocenters. The van der Waals surface area contributed by atoms with Crippen molar-refractivity contribution in [3.8, 4) is 0 Å². The summed E-state index contributed by atoms with van der Waals surface area (Å²) in [6, 6.07) is 9.65. The molecule has 2 aromatic rings. The third kappa shape index (κ3) is 3.45. The van der Waals surface area contributed by atoms with E-state index in [4.69, 9.17) is 14.8 Å². The zero-order valence-corrected chi connectivity index (χ0v) is 18.9. The van der Waals surface area contributed by atoms with Crippen LogP contribution in [-0.4, -0.2) is 33.5 Å². The lowest BCUT2D eigenvalue weighted by atomic mass is 9.68. The highest BCUT2D eigenvalue weighted by Gasteiger charge is 2.51. The zero-order chi connectivity index (χ0) is 20.9. The van der Waals surface area contributed by atoms with Gasteiger partial charge >= 0.3 is 0 Å². The van der Waals surface area contributed by atoms with Crippen LogP contribution in [0.2, 0.25) is 0 Å². The van der Waals surface area contributed by atoms with E-state index in [1.807, 2.05) is 18.5 Å². The summed E-state index contributed by atoms with van der Waals surface area (Å²) in [5.74, 6) is 0. The molecule has 5 nitrogen and oxygen atoms in total. The summed E-state index contributed by atoms with van der Waals surface area (Å²) >= 11 is 0. The Bertz CT molecular complexity index is 914. The van der Waals surface area contributed by atoms with Crippen molar-refractivity contribution in [3.63, 3.8) is 0 Å². The van der Waals surface area contributed by atoms with Gasteiger partial charge in [0.2, 0.25) is 0 Å². The summed E-state index contributed by atoms with van der Waals surface area (Å²) in [4.78, 5) is 4.86. The van der Waals surface area contributed by atoms with Crippen molar-refractivity contribution in [2.45, 2.75) is 94.2 Å². The number of fused-ring (bicyclic) bond motifs is 1. The molecular weight excluding hydrogens is 384 g/mol. The minimum atomic E-state index is 0.0907. The second-order valence-electron chi connectivity index (χ2n) is 11.0. The molecule has 166 valence electrons. The van der Waals surface area contributed by atoms with E-state index in [1.165, 1.54) is 56.3 Å². The molecule has 0 radical (unpaired) electrons. The Balaban J connectivity index is 1.19. The summed E-state index contributed by atoms with van der Waals surface area (Å²) in [7, 11) is 0. The summed E-state index contributed by atoms with van der Waals surface area (Å²) < 4.78 is 8.74. The predicted octanol–water partition coefficient (Wildman–Crippen LogP) is 5.11. The Kier molecular flexibility index (Phi) is 4.77. The first-order valence-corrected chi connectivity index (χ1v) is 12.4. The van der Waals surface area contributed by atoms with Crippen LogP contribution in [0.15, 0.2) is 36.7 Å². The molecule has 4 aliphatic rings. The number of hydrogen-bond donors (Lipinski definition) is 1. The average molecular weight is 421 g/mol. The zero-order valence-electron chi connectivity index (χ0n) is 18.9. The van der Waals surface area contributed by atoms with Crippen molar-refractivity contribution in [2.75, 3.05) is 13.2 Å². The second kappa shape index (κ2) is 7.41. The molecule has 3 fully saturated rings. The molecule has 1 saturated heterocycles. The molecule has 4 heterocycles. The van der Waals surface area contributed by atoms with Gasteiger partial charge in [-0.3, -0.25) is 9.67 Å². The van der Waals surface area contributed by atoms with Gasteiger partial charge in [0.05, 0.1) is 23.4 Å². The molecule has 2 saturated carbocycles. The van der Waals surface area contributed by atoms with Gasteiger partial charge in [0, 0.05) is 30.1 Å². The molecule has 31 heavy (non-hydrogen) atoms. The molecule has 0 bridgehead atoms. The number of nitrogens with one attached hydrogen (secondary N) is 1. The van der Waals surface area contributed by atoms with E-state index in [0.717, 1.165) is 32.4 Å². The van der Waals surface area contributed by atoms with Gasteiger partial charge in [-0.15, -0.1) is 0 Å². The van der Waals surface area contributed by atoms with E-state index >= 15 is 0 Å². The number of hydrogen-bond acceptors (Lipinski definition) is 4. The van der Waals surface area contributed by atoms with Gasteiger partial charge in [-0.25, -0.2) is 0 Å².